The molecule has 0 amide bonds. The van der Waals surface area contributed by atoms with Gasteiger partial charge in [0.25, 0.3) is 0 Å². The van der Waals surface area contributed by atoms with Gasteiger partial charge in [0, 0.05) is 18.2 Å². The van der Waals surface area contributed by atoms with Gasteiger partial charge in [-0.2, -0.15) is 0 Å². The minimum absolute atomic E-state index is 0.190. The van der Waals surface area contributed by atoms with Crippen LogP contribution < -0.4 is 5.73 Å². The van der Waals surface area contributed by atoms with E-state index in [9.17, 15) is 4.39 Å². The Morgan fingerprint density at radius 3 is 2.40 bits per heavy atom. The van der Waals surface area contributed by atoms with E-state index in [1.54, 1.807) is 12.1 Å². The molecule has 1 aliphatic rings. The zero-order chi connectivity index (χ0) is 14.8. The van der Waals surface area contributed by atoms with E-state index in [0.717, 1.165) is 25.6 Å². The maximum atomic E-state index is 13.7. The third-order valence-corrected chi connectivity index (χ3v) is 4.57. The van der Waals surface area contributed by atoms with Gasteiger partial charge in [-0.25, -0.2) is 4.39 Å². The molecular weight excluding hydrogens is 251 g/mol. The van der Waals surface area contributed by atoms with Crippen molar-refractivity contribution in [3.05, 3.63) is 35.6 Å². The number of hydrogen-bond donors (Lipinski definition) is 1. The molecule has 1 aromatic carbocycles. The van der Waals surface area contributed by atoms with Gasteiger partial charge in [0.1, 0.15) is 5.82 Å². The van der Waals surface area contributed by atoms with Crippen LogP contribution in [0.25, 0.3) is 0 Å². The predicted octanol–water partition coefficient (Wildman–Crippen LogP) is 3.58. The van der Waals surface area contributed by atoms with Crippen molar-refractivity contribution < 1.29 is 4.39 Å². The molecule has 3 heteroatoms. The van der Waals surface area contributed by atoms with Crippen LogP contribution in [0.5, 0.6) is 0 Å². The molecular formula is C17H27FN2. The molecule has 0 radical (unpaired) electrons. The number of halogens is 1. The molecule has 0 spiro atoms. The first-order valence-electron chi connectivity index (χ1n) is 7.60. The number of nitrogens with two attached hydrogens (primary N) is 1. The fourth-order valence-electron chi connectivity index (χ4n) is 3.13. The molecule has 1 heterocycles. The van der Waals surface area contributed by atoms with E-state index in [-0.39, 0.29) is 11.9 Å². The lowest BCUT2D eigenvalue weighted by atomic mass is 9.75. The van der Waals surface area contributed by atoms with Gasteiger partial charge in [-0.15, -0.1) is 0 Å². The molecule has 1 aromatic rings. The monoisotopic (exact) mass is 278 g/mol. The summed E-state index contributed by atoms with van der Waals surface area (Å²) in [5, 5.41) is 0. The topological polar surface area (TPSA) is 29.3 Å². The second kappa shape index (κ2) is 6.23. The molecule has 0 aromatic heterocycles. The first-order valence-corrected chi connectivity index (χ1v) is 7.60. The quantitative estimate of drug-likeness (QED) is 0.915. The molecule has 0 saturated carbocycles. The first-order chi connectivity index (χ1) is 9.38. The number of benzene rings is 1. The highest BCUT2D eigenvalue weighted by Crippen LogP contribution is 2.34. The zero-order valence-corrected chi connectivity index (χ0v) is 12.9. The summed E-state index contributed by atoms with van der Waals surface area (Å²) in [5.74, 6) is 0.591. The molecule has 0 bridgehead atoms. The van der Waals surface area contributed by atoms with Crippen LogP contribution in [0.2, 0.25) is 0 Å². The SMILES string of the molecule is CC(C)(C)C1CCN(CC(N)c2ccccc2F)CC1. The second-order valence-electron chi connectivity index (χ2n) is 7.07. The number of piperidine rings is 1. The molecule has 0 aliphatic carbocycles. The van der Waals surface area contributed by atoms with Gasteiger partial charge in [0.05, 0.1) is 0 Å². The molecule has 2 rings (SSSR count). The van der Waals surface area contributed by atoms with Crippen molar-refractivity contribution in [2.45, 2.75) is 39.7 Å². The number of rotatable bonds is 3. The minimum Gasteiger partial charge on any atom is -0.323 e. The highest BCUT2D eigenvalue weighted by molar-refractivity contribution is 5.21. The summed E-state index contributed by atoms with van der Waals surface area (Å²) in [6, 6.07) is 6.61. The Morgan fingerprint density at radius 1 is 1.25 bits per heavy atom. The molecule has 2 nitrogen and oxygen atoms in total. The molecule has 1 unspecified atom stereocenters. The third-order valence-electron chi connectivity index (χ3n) is 4.57. The molecule has 20 heavy (non-hydrogen) atoms. The van der Waals surface area contributed by atoms with Crippen molar-refractivity contribution in [1.29, 1.82) is 0 Å². The van der Waals surface area contributed by atoms with E-state index in [1.807, 2.05) is 6.07 Å². The third kappa shape index (κ3) is 3.80. The van der Waals surface area contributed by atoms with Crippen LogP contribution in [0.3, 0.4) is 0 Å². The number of likely N-dealkylation sites (tertiary alicyclic amines) is 1. The van der Waals surface area contributed by atoms with Gasteiger partial charge in [-0.05, 0) is 43.3 Å². The number of nitrogens with zero attached hydrogens (tertiary/aromatic N) is 1. The lowest BCUT2D eigenvalue weighted by molar-refractivity contribution is 0.108. The van der Waals surface area contributed by atoms with Gasteiger partial charge in [0.15, 0.2) is 0 Å². The normalized spacial score (nSPS) is 20.1. The summed E-state index contributed by atoms with van der Waals surface area (Å²) in [6.45, 7) is 9.85. The van der Waals surface area contributed by atoms with Gasteiger partial charge in [-0.1, -0.05) is 39.0 Å². The Kier molecular flexibility index (Phi) is 4.82. The molecule has 1 fully saturated rings. The maximum Gasteiger partial charge on any atom is 0.128 e. The summed E-state index contributed by atoms with van der Waals surface area (Å²) in [4.78, 5) is 2.37. The van der Waals surface area contributed by atoms with Crippen molar-refractivity contribution in [3.63, 3.8) is 0 Å². The smallest absolute Gasteiger partial charge is 0.128 e. The minimum atomic E-state index is -0.234. The summed E-state index contributed by atoms with van der Waals surface area (Å²) in [5.41, 5.74) is 7.18. The average molecular weight is 278 g/mol. The van der Waals surface area contributed by atoms with Crippen molar-refractivity contribution in [2.24, 2.45) is 17.1 Å². The van der Waals surface area contributed by atoms with E-state index in [2.05, 4.69) is 25.7 Å². The van der Waals surface area contributed by atoms with Crippen molar-refractivity contribution in [3.8, 4) is 0 Å². The van der Waals surface area contributed by atoms with Crippen molar-refractivity contribution >= 4 is 0 Å². The van der Waals surface area contributed by atoms with E-state index < -0.39 is 0 Å². The van der Waals surface area contributed by atoms with Gasteiger partial charge in [0.2, 0.25) is 0 Å². The largest absolute Gasteiger partial charge is 0.323 e. The molecule has 1 aliphatic heterocycles. The Morgan fingerprint density at radius 2 is 1.85 bits per heavy atom. The molecule has 2 N–H and O–H groups in total. The Bertz CT molecular complexity index is 431. The summed E-state index contributed by atoms with van der Waals surface area (Å²) >= 11 is 0. The summed E-state index contributed by atoms with van der Waals surface area (Å²) in [7, 11) is 0. The predicted molar refractivity (Wildman–Crippen MR) is 81.9 cm³/mol. The molecule has 1 atom stereocenters. The first kappa shape index (κ1) is 15.5. The highest BCUT2D eigenvalue weighted by atomic mass is 19.1. The van der Waals surface area contributed by atoms with Crippen molar-refractivity contribution in [1.82, 2.24) is 4.90 Å². The van der Waals surface area contributed by atoms with Crippen LogP contribution in [0, 0.1) is 17.2 Å². The Hall–Kier alpha value is -0.930. The number of hydrogen-bond acceptors (Lipinski definition) is 2. The highest BCUT2D eigenvalue weighted by Gasteiger charge is 2.29. The van der Waals surface area contributed by atoms with E-state index in [1.165, 1.54) is 18.9 Å². The van der Waals surface area contributed by atoms with Crippen LogP contribution in [0.15, 0.2) is 24.3 Å². The van der Waals surface area contributed by atoms with E-state index >= 15 is 0 Å². The van der Waals surface area contributed by atoms with Crippen LogP contribution in [-0.2, 0) is 0 Å². The van der Waals surface area contributed by atoms with Gasteiger partial charge < -0.3 is 10.6 Å². The summed E-state index contributed by atoms with van der Waals surface area (Å²) < 4.78 is 13.7. The fraction of sp³-hybridized carbons (Fsp3) is 0.647. The maximum absolute atomic E-state index is 13.7. The zero-order valence-electron chi connectivity index (χ0n) is 12.9. The average Bonchev–Trinajstić information content (AvgIpc) is 2.38. The fourth-order valence-corrected chi connectivity index (χ4v) is 3.13. The van der Waals surface area contributed by atoms with E-state index in [4.69, 9.17) is 5.73 Å². The van der Waals surface area contributed by atoms with Crippen LogP contribution in [0.1, 0.15) is 45.2 Å². The molecule has 112 valence electrons. The van der Waals surface area contributed by atoms with Gasteiger partial charge in [-0.3, -0.25) is 0 Å². The van der Waals surface area contributed by atoms with Crippen LogP contribution in [-0.4, -0.2) is 24.5 Å². The van der Waals surface area contributed by atoms with Crippen LogP contribution in [0.4, 0.5) is 4.39 Å². The Balaban J connectivity index is 1.88. The lowest BCUT2D eigenvalue weighted by Crippen LogP contribution is -2.41. The lowest BCUT2D eigenvalue weighted by Gasteiger charge is -2.39. The van der Waals surface area contributed by atoms with E-state index in [0.29, 0.717) is 11.0 Å². The Labute approximate surface area is 122 Å². The summed E-state index contributed by atoms with van der Waals surface area (Å²) in [6.07, 6.45) is 2.43. The van der Waals surface area contributed by atoms with Gasteiger partial charge >= 0.3 is 0 Å². The van der Waals surface area contributed by atoms with Crippen molar-refractivity contribution in [2.75, 3.05) is 19.6 Å². The molecule has 1 saturated heterocycles. The second-order valence-corrected chi connectivity index (χ2v) is 7.07. The standard InChI is InChI=1S/C17H27FN2/c1-17(2,3)13-8-10-20(11-9-13)12-16(19)14-6-4-5-7-15(14)18/h4-7,13,16H,8-12,19H2,1-3H3. The van der Waals surface area contributed by atoms with Crippen LogP contribution >= 0.6 is 0 Å².